The van der Waals surface area contributed by atoms with Crippen LogP contribution in [0.2, 0.25) is 0 Å². The minimum Gasteiger partial charge on any atom is -0.354 e. The molecule has 6 nitrogen and oxygen atoms in total. The highest BCUT2D eigenvalue weighted by molar-refractivity contribution is 5.32. The maximum absolute atomic E-state index is 11.3. The Labute approximate surface area is 89.2 Å². The highest BCUT2D eigenvalue weighted by Crippen LogP contribution is 2.00. The number of anilines is 2. The number of hydrogen-bond acceptors (Lipinski definition) is 5. The topological polar surface area (TPSA) is 82.7 Å². The van der Waals surface area contributed by atoms with E-state index in [0.29, 0.717) is 0 Å². The number of rotatable bonds is 4. The van der Waals surface area contributed by atoms with Crippen LogP contribution in [0.15, 0.2) is 4.79 Å². The molecule has 1 heterocycles. The fourth-order valence-electron chi connectivity index (χ4n) is 0.838. The van der Waals surface area contributed by atoms with Crippen LogP contribution in [0.25, 0.3) is 0 Å². The third-order valence-corrected chi connectivity index (χ3v) is 1.25. The Bertz CT molecular complexity index is 497. The molecular weight excluding hydrogens is 182 g/mol. The zero-order valence-electron chi connectivity index (χ0n) is 12.9. The first-order valence-corrected chi connectivity index (χ1v) is 4.04. The lowest BCUT2D eigenvalue weighted by atomic mass is 10.4. The molecule has 3 N–H and O–H groups in total. The molecule has 0 fully saturated rings. The summed E-state index contributed by atoms with van der Waals surface area (Å²) in [4.78, 5) is 20.8. The van der Waals surface area contributed by atoms with Crippen molar-refractivity contribution in [1.82, 2.24) is 15.0 Å². The van der Waals surface area contributed by atoms with Crippen LogP contribution in [-0.2, 0) is 0 Å². The summed E-state index contributed by atoms with van der Waals surface area (Å²) in [5.74, 6) is -0.313. The molecule has 1 aromatic rings. The number of hydrogen-bond donors (Lipinski definition) is 3. The van der Waals surface area contributed by atoms with Gasteiger partial charge in [-0.15, -0.1) is 0 Å². The van der Waals surface area contributed by atoms with Crippen molar-refractivity contribution >= 4 is 11.9 Å². The molecule has 6 heteroatoms. The van der Waals surface area contributed by atoms with Crippen molar-refractivity contribution < 1.29 is 6.85 Å². The fraction of sp³-hybridized carbons (Fsp3) is 0.625. The van der Waals surface area contributed by atoms with E-state index in [2.05, 4.69) is 20.3 Å². The average Bonchev–Trinajstić information content (AvgIpc) is 2.11. The van der Waals surface area contributed by atoms with E-state index in [1.807, 2.05) is 19.2 Å². The maximum atomic E-state index is 11.3. The Morgan fingerprint density at radius 2 is 2.43 bits per heavy atom. The van der Waals surface area contributed by atoms with E-state index in [1.165, 1.54) is 0 Å². The number of aromatic amines is 1. The minimum atomic E-state index is -2.91. The zero-order chi connectivity index (χ0) is 14.8. The second-order valence-electron chi connectivity index (χ2n) is 2.88. The molecule has 0 amide bonds. The highest BCUT2D eigenvalue weighted by atomic mass is 16.1. The maximum Gasteiger partial charge on any atom is 0.350 e. The van der Waals surface area contributed by atoms with E-state index in [1.54, 1.807) is 0 Å². The van der Waals surface area contributed by atoms with Crippen LogP contribution < -0.4 is 16.3 Å². The molecule has 0 spiro atoms. The predicted molar refractivity (Wildman–Crippen MR) is 55.6 cm³/mol. The van der Waals surface area contributed by atoms with Crippen molar-refractivity contribution in [2.75, 3.05) is 17.1 Å². The quantitative estimate of drug-likeness (QED) is 0.659. The molecule has 1 aromatic heterocycles. The van der Waals surface area contributed by atoms with Gasteiger partial charge in [-0.1, -0.05) is 0 Å². The van der Waals surface area contributed by atoms with Crippen LogP contribution in [0, 0.1) is 0 Å². The monoisotopic (exact) mass is 202 g/mol. The highest BCUT2D eigenvalue weighted by Gasteiger charge is 2.02. The molecule has 0 unspecified atom stereocenters. The van der Waals surface area contributed by atoms with Crippen LogP contribution in [0.3, 0.4) is 0 Å². The van der Waals surface area contributed by atoms with E-state index in [0.717, 1.165) is 0 Å². The van der Waals surface area contributed by atoms with Gasteiger partial charge in [-0.3, -0.25) is 4.98 Å². The Balaban J connectivity index is 3.02. The van der Waals surface area contributed by atoms with Gasteiger partial charge in [-0.2, -0.15) is 9.97 Å². The minimum absolute atomic E-state index is 0.0159. The normalized spacial score (nSPS) is 17.5. The van der Waals surface area contributed by atoms with Crippen molar-refractivity contribution in [3.8, 4) is 0 Å². The summed E-state index contributed by atoms with van der Waals surface area (Å²) in [6.45, 7) is -2.02. The summed E-state index contributed by atoms with van der Waals surface area (Å²) < 4.78 is 35.9. The van der Waals surface area contributed by atoms with Crippen molar-refractivity contribution in [1.29, 1.82) is 0 Å². The van der Waals surface area contributed by atoms with Crippen LogP contribution in [0.1, 0.15) is 27.6 Å². The molecule has 0 atom stereocenters. The summed E-state index contributed by atoms with van der Waals surface area (Å²) in [6.07, 6.45) is 0. The standard InChI is InChI=1S/C8H15N5O/c1-4-9-6-11-7(10-5(2)3)13-8(14)12-6/h5H,4H2,1-3H3,(H3,9,10,11,12,13,14)/i1D3,4D2. The number of nitrogens with zero attached hydrogens (tertiary/aromatic N) is 2. The van der Waals surface area contributed by atoms with E-state index in [-0.39, 0.29) is 12.0 Å². The smallest absolute Gasteiger partial charge is 0.350 e. The Kier molecular flexibility index (Phi) is 1.75. The molecule has 0 aromatic carbocycles. The third-order valence-electron chi connectivity index (χ3n) is 1.25. The van der Waals surface area contributed by atoms with Crippen molar-refractivity contribution in [2.45, 2.75) is 26.7 Å². The summed E-state index contributed by atoms with van der Waals surface area (Å²) >= 11 is 0. The Hall–Kier alpha value is -1.59. The molecular formula is C8H15N5O. The van der Waals surface area contributed by atoms with Crippen LogP contribution in [0.5, 0.6) is 0 Å². The van der Waals surface area contributed by atoms with Crippen molar-refractivity contribution in [3.05, 3.63) is 10.5 Å². The molecule has 0 aliphatic rings. The molecule has 0 bridgehead atoms. The van der Waals surface area contributed by atoms with Gasteiger partial charge in [0, 0.05) is 19.4 Å². The van der Waals surface area contributed by atoms with Crippen molar-refractivity contribution in [2.24, 2.45) is 0 Å². The molecule has 0 saturated heterocycles. The van der Waals surface area contributed by atoms with Gasteiger partial charge in [0.2, 0.25) is 11.9 Å². The Morgan fingerprint density at radius 1 is 1.64 bits per heavy atom. The fourth-order valence-corrected chi connectivity index (χ4v) is 0.838. The van der Waals surface area contributed by atoms with Gasteiger partial charge < -0.3 is 10.6 Å². The first-order chi connectivity index (χ1) is 8.51. The molecule has 1 rings (SSSR count). The largest absolute Gasteiger partial charge is 0.354 e. The van der Waals surface area contributed by atoms with Gasteiger partial charge in [0.05, 0.1) is 0 Å². The summed E-state index contributed by atoms with van der Waals surface area (Å²) in [6, 6.07) is -0.0159. The second kappa shape index (κ2) is 4.59. The molecule has 0 aliphatic carbocycles. The SMILES string of the molecule is [2H]C([2H])([2H])C([2H])([2H])Nc1nc(NC(C)C)[nH]c(=O)n1. The molecule has 14 heavy (non-hydrogen) atoms. The van der Waals surface area contributed by atoms with E-state index in [4.69, 9.17) is 6.85 Å². The first kappa shape index (κ1) is 5.33. The van der Waals surface area contributed by atoms with Gasteiger partial charge >= 0.3 is 5.69 Å². The van der Waals surface area contributed by atoms with Crippen LogP contribution in [-0.4, -0.2) is 27.5 Å². The average molecular weight is 202 g/mol. The number of nitrogens with one attached hydrogen (secondary N) is 3. The lowest BCUT2D eigenvalue weighted by molar-refractivity contribution is 0.857. The second-order valence-corrected chi connectivity index (χ2v) is 2.88. The predicted octanol–water partition coefficient (Wildman–Crippen LogP) is 0.417. The first-order valence-electron chi connectivity index (χ1n) is 6.54. The number of aromatic nitrogens is 3. The summed E-state index contributed by atoms with van der Waals surface area (Å²) in [5.41, 5.74) is -0.762. The van der Waals surface area contributed by atoms with E-state index in [9.17, 15) is 4.79 Å². The molecule has 0 aliphatic heterocycles. The molecule has 78 valence electrons. The lowest BCUT2D eigenvalue weighted by Crippen LogP contribution is -2.21. The van der Waals surface area contributed by atoms with E-state index >= 15 is 0 Å². The lowest BCUT2D eigenvalue weighted by Gasteiger charge is -2.08. The van der Waals surface area contributed by atoms with Crippen LogP contribution in [0.4, 0.5) is 11.9 Å². The van der Waals surface area contributed by atoms with Gasteiger partial charge in [-0.05, 0) is 20.7 Å². The summed E-state index contributed by atoms with van der Waals surface area (Å²) in [5, 5.41) is 4.80. The molecule has 0 saturated carbocycles. The van der Waals surface area contributed by atoms with Crippen molar-refractivity contribution in [3.63, 3.8) is 0 Å². The van der Waals surface area contributed by atoms with Gasteiger partial charge in [0.25, 0.3) is 0 Å². The zero-order valence-corrected chi connectivity index (χ0v) is 7.88. The third kappa shape index (κ3) is 3.04. The van der Waals surface area contributed by atoms with E-state index < -0.39 is 25.0 Å². The van der Waals surface area contributed by atoms with Crippen LogP contribution >= 0.6 is 0 Å². The van der Waals surface area contributed by atoms with Gasteiger partial charge in [-0.25, -0.2) is 4.79 Å². The Morgan fingerprint density at radius 3 is 3.07 bits per heavy atom. The van der Waals surface area contributed by atoms with Gasteiger partial charge in [0.15, 0.2) is 0 Å². The van der Waals surface area contributed by atoms with Gasteiger partial charge in [0.1, 0.15) is 0 Å². The molecule has 0 radical (unpaired) electrons. The summed E-state index contributed by atoms with van der Waals surface area (Å²) in [7, 11) is 0. The number of H-pyrrole nitrogens is 1.